The van der Waals surface area contributed by atoms with Gasteiger partial charge in [-0.2, -0.15) is 4.98 Å². The van der Waals surface area contributed by atoms with Crippen LogP contribution in [0.4, 0.5) is 0 Å². The summed E-state index contributed by atoms with van der Waals surface area (Å²) in [6.07, 6.45) is 3.29. The van der Waals surface area contributed by atoms with Gasteiger partial charge < -0.3 is 9.64 Å². The molecule has 0 bridgehead atoms. The number of hydrogen-bond acceptors (Lipinski definition) is 4. The van der Waals surface area contributed by atoms with Crippen molar-refractivity contribution in [1.29, 1.82) is 0 Å². The Balaban J connectivity index is 1.32. The van der Waals surface area contributed by atoms with Crippen molar-refractivity contribution >= 4 is 40.3 Å². The van der Waals surface area contributed by atoms with E-state index in [1.807, 2.05) is 11.0 Å². The predicted octanol–water partition coefficient (Wildman–Crippen LogP) is 5.50. The summed E-state index contributed by atoms with van der Waals surface area (Å²) < 4.78 is 7.44. The number of benzene rings is 2. The van der Waals surface area contributed by atoms with E-state index in [0.717, 1.165) is 31.5 Å². The van der Waals surface area contributed by atoms with E-state index < -0.39 is 0 Å². The number of likely N-dealkylation sites (tertiary alicyclic amines) is 1. The Bertz CT molecular complexity index is 1410. The summed E-state index contributed by atoms with van der Waals surface area (Å²) in [5.41, 5.74) is 2.26. The molecule has 2 aromatic carbocycles. The molecule has 1 aliphatic heterocycles. The van der Waals surface area contributed by atoms with Crippen molar-refractivity contribution in [3.05, 3.63) is 86.3 Å². The molecule has 1 N–H and O–H groups in total. The fourth-order valence-corrected chi connectivity index (χ4v) is 4.44. The van der Waals surface area contributed by atoms with Gasteiger partial charge in [-0.15, -0.1) is 0 Å². The monoisotopic (exact) mass is 496 g/mol. The van der Waals surface area contributed by atoms with Gasteiger partial charge in [-0.25, -0.2) is 4.79 Å². The average Bonchev–Trinajstić information content (AvgIpc) is 3.16. The number of ether oxygens (including phenoxy) is 1. The van der Waals surface area contributed by atoms with Gasteiger partial charge in [0.05, 0.1) is 22.1 Å². The van der Waals surface area contributed by atoms with E-state index in [1.54, 1.807) is 53.1 Å². The Labute approximate surface area is 205 Å². The molecule has 3 heterocycles. The highest BCUT2D eigenvalue weighted by atomic mass is 35.5. The fourth-order valence-electron chi connectivity index (χ4n) is 4.12. The molecule has 0 aliphatic carbocycles. The van der Waals surface area contributed by atoms with Gasteiger partial charge in [0.2, 0.25) is 5.88 Å². The number of halogens is 2. The first kappa shape index (κ1) is 22.5. The van der Waals surface area contributed by atoms with Crippen molar-refractivity contribution in [2.75, 3.05) is 13.1 Å². The van der Waals surface area contributed by atoms with E-state index in [2.05, 4.69) is 9.97 Å². The van der Waals surface area contributed by atoms with E-state index >= 15 is 0 Å². The number of H-pyrrole nitrogens is 1. The summed E-state index contributed by atoms with van der Waals surface area (Å²) in [6.45, 7) is 1.94. The van der Waals surface area contributed by atoms with E-state index in [4.69, 9.17) is 27.9 Å². The first-order valence-electron chi connectivity index (χ1n) is 11.1. The topological polar surface area (TPSA) is 80.2 Å². The highest BCUT2D eigenvalue weighted by Crippen LogP contribution is 2.25. The number of piperidine rings is 1. The van der Waals surface area contributed by atoms with Crippen LogP contribution in [0.15, 0.2) is 59.4 Å². The number of nitrogens with one attached hydrogen (secondary N) is 1. The SMILES string of the molecule is O=C(c1ccc(Oc2ccc3c(n2)[nH]c(=O)n3Cc2ccc(Cl)c(Cl)c2)cc1)N1CCCCC1. The van der Waals surface area contributed by atoms with Crippen LogP contribution in [0.25, 0.3) is 11.2 Å². The molecule has 9 heteroatoms. The zero-order valence-corrected chi connectivity index (χ0v) is 19.8. The summed E-state index contributed by atoms with van der Waals surface area (Å²) in [4.78, 5) is 34.3. The highest BCUT2D eigenvalue weighted by molar-refractivity contribution is 6.42. The third kappa shape index (κ3) is 4.67. The summed E-state index contributed by atoms with van der Waals surface area (Å²) >= 11 is 12.1. The number of imidazole rings is 1. The second-order valence-electron chi connectivity index (χ2n) is 8.26. The van der Waals surface area contributed by atoms with Gasteiger partial charge in [0.15, 0.2) is 5.65 Å². The largest absolute Gasteiger partial charge is 0.439 e. The molecule has 1 amide bonds. The van der Waals surface area contributed by atoms with Crippen LogP contribution in [0, 0.1) is 0 Å². The molecular weight excluding hydrogens is 475 g/mol. The van der Waals surface area contributed by atoms with Gasteiger partial charge in [-0.1, -0.05) is 29.3 Å². The van der Waals surface area contributed by atoms with Gasteiger partial charge in [-0.3, -0.25) is 14.3 Å². The Kier molecular flexibility index (Phi) is 6.30. The smallest absolute Gasteiger partial charge is 0.327 e. The third-order valence-corrected chi connectivity index (χ3v) is 6.64. The molecule has 2 aromatic heterocycles. The van der Waals surface area contributed by atoms with Crippen LogP contribution in [0.5, 0.6) is 11.6 Å². The molecule has 174 valence electrons. The van der Waals surface area contributed by atoms with Crippen molar-refractivity contribution in [1.82, 2.24) is 19.4 Å². The lowest BCUT2D eigenvalue weighted by molar-refractivity contribution is 0.0724. The Hall–Kier alpha value is -3.29. The minimum absolute atomic E-state index is 0.0479. The van der Waals surface area contributed by atoms with Crippen molar-refractivity contribution in [3.63, 3.8) is 0 Å². The molecule has 0 radical (unpaired) electrons. The molecule has 5 rings (SSSR count). The lowest BCUT2D eigenvalue weighted by Gasteiger charge is -2.26. The number of fused-ring (bicyclic) bond motifs is 1. The number of nitrogens with zero attached hydrogens (tertiary/aromatic N) is 3. The van der Waals surface area contributed by atoms with E-state index in [0.29, 0.717) is 44.9 Å². The number of carbonyl (C=O) groups excluding carboxylic acids is 1. The summed E-state index contributed by atoms with van der Waals surface area (Å²) in [6, 6.07) is 15.8. The van der Waals surface area contributed by atoms with Crippen LogP contribution in [0.2, 0.25) is 10.0 Å². The lowest BCUT2D eigenvalue weighted by Crippen LogP contribution is -2.35. The molecule has 1 aliphatic rings. The van der Waals surface area contributed by atoms with Gasteiger partial charge >= 0.3 is 5.69 Å². The average molecular weight is 497 g/mol. The van der Waals surface area contributed by atoms with E-state index in [9.17, 15) is 9.59 Å². The van der Waals surface area contributed by atoms with E-state index in [-0.39, 0.29) is 11.6 Å². The zero-order chi connectivity index (χ0) is 23.7. The van der Waals surface area contributed by atoms with Crippen LogP contribution in [0.3, 0.4) is 0 Å². The number of carbonyl (C=O) groups is 1. The van der Waals surface area contributed by atoms with Crippen molar-refractivity contribution in [2.24, 2.45) is 0 Å². The highest BCUT2D eigenvalue weighted by Gasteiger charge is 2.18. The van der Waals surface area contributed by atoms with Crippen LogP contribution in [-0.2, 0) is 6.54 Å². The van der Waals surface area contributed by atoms with E-state index in [1.165, 1.54) is 6.42 Å². The zero-order valence-electron chi connectivity index (χ0n) is 18.3. The van der Waals surface area contributed by atoms with Crippen LogP contribution in [-0.4, -0.2) is 38.4 Å². The molecular formula is C25H22Cl2N4O3. The van der Waals surface area contributed by atoms with Crippen LogP contribution in [0.1, 0.15) is 35.2 Å². The number of hydrogen-bond donors (Lipinski definition) is 1. The summed E-state index contributed by atoms with van der Waals surface area (Å²) in [5, 5.41) is 0.897. The number of pyridine rings is 1. The Morgan fingerprint density at radius 1 is 0.971 bits per heavy atom. The van der Waals surface area contributed by atoms with Gasteiger partial charge in [-0.05, 0) is 67.3 Å². The normalized spacial score (nSPS) is 13.9. The molecule has 4 aromatic rings. The van der Waals surface area contributed by atoms with Crippen molar-refractivity contribution in [3.8, 4) is 11.6 Å². The quantitative estimate of drug-likeness (QED) is 0.395. The maximum Gasteiger partial charge on any atom is 0.327 e. The predicted molar refractivity (Wildman–Crippen MR) is 132 cm³/mol. The molecule has 34 heavy (non-hydrogen) atoms. The second kappa shape index (κ2) is 9.52. The Morgan fingerprint density at radius 2 is 1.74 bits per heavy atom. The van der Waals surface area contributed by atoms with Crippen molar-refractivity contribution < 1.29 is 9.53 Å². The molecule has 1 saturated heterocycles. The molecule has 1 fully saturated rings. The molecule has 0 atom stereocenters. The van der Waals surface area contributed by atoms with Crippen LogP contribution >= 0.6 is 23.2 Å². The minimum atomic E-state index is -0.286. The van der Waals surface area contributed by atoms with Crippen molar-refractivity contribution in [2.45, 2.75) is 25.8 Å². The number of aromatic amines is 1. The van der Waals surface area contributed by atoms with Gasteiger partial charge in [0.25, 0.3) is 5.91 Å². The Morgan fingerprint density at radius 3 is 2.47 bits per heavy atom. The minimum Gasteiger partial charge on any atom is -0.439 e. The molecule has 0 unspecified atom stereocenters. The molecule has 0 spiro atoms. The number of amides is 1. The first-order valence-corrected chi connectivity index (χ1v) is 11.8. The maximum atomic E-state index is 12.6. The molecule has 0 saturated carbocycles. The lowest BCUT2D eigenvalue weighted by atomic mass is 10.1. The summed E-state index contributed by atoms with van der Waals surface area (Å²) in [5.74, 6) is 0.942. The number of aromatic nitrogens is 3. The van der Waals surface area contributed by atoms with Gasteiger partial charge in [0, 0.05) is 24.7 Å². The maximum absolute atomic E-state index is 12.6. The summed E-state index contributed by atoms with van der Waals surface area (Å²) in [7, 11) is 0. The number of rotatable bonds is 5. The van der Waals surface area contributed by atoms with Gasteiger partial charge in [0.1, 0.15) is 5.75 Å². The standard InChI is InChI=1S/C25H22Cl2N4O3/c26-19-9-4-16(14-20(19)27)15-31-21-10-11-22(28-23(21)29-25(31)33)34-18-7-5-17(6-8-18)24(32)30-12-2-1-3-13-30/h4-11,14H,1-3,12-13,15H2,(H,28,29,33). The van der Waals surface area contributed by atoms with Crippen LogP contribution < -0.4 is 10.4 Å². The third-order valence-electron chi connectivity index (χ3n) is 5.90. The first-order chi connectivity index (χ1) is 16.5. The molecule has 7 nitrogen and oxygen atoms in total. The second-order valence-corrected chi connectivity index (χ2v) is 9.08. The fraction of sp³-hybridized carbons (Fsp3) is 0.240.